The Hall–Kier alpha value is -3.67. The number of rotatable bonds is 6. The van der Waals surface area contributed by atoms with Crippen LogP contribution in [0.15, 0.2) is 72.8 Å². The highest BCUT2D eigenvalue weighted by atomic mass is 16.6. The molecule has 0 aliphatic heterocycles. The average Bonchev–Trinajstić information content (AvgIpc) is 2.67. The summed E-state index contributed by atoms with van der Waals surface area (Å²) in [5.41, 5.74) is 2.34. The van der Waals surface area contributed by atoms with Crippen LogP contribution in [0.5, 0.6) is 11.5 Å². The first-order valence-electron chi connectivity index (χ1n) is 8.26. The Kier molecular flexibility index (Phi) is 5.47. The molecule has 0 aromatic heterocycles. The van der Waals surface area contributed by atoms with Gasteiger partial charge in [0.05, 0.1) is 10.5 Å². The topological polar surface area (TPSA) is 78.7 Å². The molecular weight excluding hydrogens is 346 g/mol. The number of aryl methyl sites for hydroxylation is 1. The number of nitro groups is 1. The molecule has 0 N–H and O–H groups in total. The lowest BCUT2D eigenvalue weighted by atomic mass is 10.1. The number of carbonyl (C=O) groups is 1. The van der Waals surface area contributed by atoms with Gasteiger partial charge in [-0.25, -0.2) is 4.79 Å². The lowest BCUT2D eigenvalue weighted by Gasteiger charge is -2.09. The highest BCUT2D eigenvalue weighted by molar-refractivity contribution is 5.89. The van der Waals surface area contributed by atoms with Gasteiger partial charge >= 0.3 is 5.97 Å². The molecule has 0 amide bonds. The highest BCUT2D eigenvalue weighted by Crippen LogP contribution is 2.24. The van der Waals surface area contributed by atoms with Crippen molar-refractivity contribution >= 4 is 11.7 Å². The highest BCUT2D eigenvalue weighted by Gasteiger charge is 2.08. The van der Waals surface area contributed by atoms with Crippen molar-refractivity contribution in [2.45, 2.75) is 13.5 Å². The van der Waals surface area contributed by atoms with Crippen LogP contribution in [0, 0.1) is 17.0 Å². The van der Waals surface area contributed by atoms with E-state index in [0.29, 0.717) is 17.1 Å². The first-order chi connectivity index (χ1) is 13.0. The second-order valence-electron chi connectivity index (χ2n) is 5.94. The van der Waals surface area contributed by atoms with Gasteiger partial charge in [-0.15, -0.1) is 0 Å². The van der Waals surface area contributed by atoms with Crippen LogP contribution in [-0.2, 0) is 11.3 Å². The minimum atomic E-state index is -0.465. The number of ether oxygens (including phenoxy) is 2. The third kappa shape index (κ3) is 4.92. The van der Waals surface area contributed by atoms with Gasteiger partial charge in [0.1, 0.15) is 18.1 Å². The van der Waals surface area contributed by atoms with Crippen molar-refractivity contribution in [2.24, 2.45) is 0 Å². The van der Waals surface area contributed by atoms with E-state index in [1.807, 2.05) is 25.1 Å². The molecule has 0 unspecified atom stereocenters. The fraction of sp³-hybridized carbons (Fsp3) is 0.0952. The molecule has 6 heteroatoms. The van der Waals surface area contributed by atoms with E-state index in [-0.39, 0.29) is 12.3 Å². The smallest absolute Gasteiger partial charge is 0.338 e. The molecule has 0 saturated carbocycles. The maximum Gasteiger partial charge on any atom is 0.338 e. The molecular formula is C21H17NO5. The van der Waals surface area contributed by atoms with Crippen LogP contribution in [0.3, 0.4) is 0 Å². The van der Waals surface area contributed by atoms with Crippen LogP contribution in [-0.4, -0.2) is 10.9 Å². The van der Waals surface area contributed by atoms with E-state index in [9.17, 15) is 14.9 Å². The molecule has 0 fully saturated rings. The molecule has 0 radical (unpaired) electrons. The number of esters is 1. The summed E-state index contributed by atoms with van der Waals surface area (Å²) in [5, 5.41) is 10.7. The van der Waals surface area contributed by atoms with Crippen molar-refractivity contribution in [1.82, 2.24) is 0 Å². The van der Waals surface area contributed by atoms with E-state index in [1.54, 1.807) is 30.3 Å². The monoisotopic (exact) mass is 363 g/mol. The van der Waals surface area contributed by atoms with Crippen LogP contribution in [0.4, 0.5) is 5.69 Å². The van der Waals surface area contributed by atoms with Gasteiger partial charge in [-0.05, 0) is 48.9 Å². The zero-order valence-corrected chi connectivity index (χ0v) is 14.6. The van der Waals surface area contributed by atoms with Crippen molar-refractivity contribution in [1.29, 1.82) is 0 Å². The zero-order chi connectivity index (χ0) is 19.2. The summed E-state index contributed by atoms with van der Waals surface area (Å²) >= 11 is 0. The van der Waals surface area contributed by atoms with Gasteiger partial charge < -0.3 is 9.47 Å². The molecule has 6 nitrogen and oxygen atoms in total. The van der Waals surface area contributed by atoms with Gasteiger partial charge in [-0.2, -0.15) is 0 Å². The summed E-state index contributed by atoms with van der Waals surface area (Å²) in [6, 6.07) is 20.1. The van der Waals surface area contributed by atoms with Crippen molar-refractivity contribution in [3.63, 3.8) is 0 Å². The Bertz CT molecular complexity index is 949. The quantitative estimate of drug-likeness (QED) is 0.348. The lowest BCUT2D eigenvalue weighted by molar-refractivity contribution is -0.384. The average molecular weight is 363 g/mol. The van der Waals surface area contributed by atoms with Crippen molar-refractivity contribution in [3.05, 3.63) is 99.6 Å². The molecule has 0 saturated heterocycles. The zero-order valence-electron chi connectivity index (χ0n) is 14.6. The summed E-state index contributed by atoms with van der Waals surface area (Å²) in [5.74, 6) is 0.638. The maximum atomic E-state index is 12.1. The number of hydrogen-bond donors (Lipinski definition) is 0. The molecule has 136 valence electrons. The first-order valence-corrected chi connectivity index (χ1v) is 8.26. The molecule has 3 rings (SSSR count). The van der Waals surface area contributed by atoms with E-state index >= 15 is 0 Å². The van der Waals surface area contributed by atoms with E-state index < -0.39 is 10.9 Å². The van der Waals surface area contributed by atoms with Gasteiger partial charge in [0.2, 0.25) is 0 Å². The summed E-state index contributed by atoms with van der Waals surface area (Å²) < 4.78 is 11.0. The Morgan fingerprint density at radius 1 is 0.963 bits per heavy atom. The SMILES string of the molecule is Cc1ccc(C(=O)OCc2cccc(Oc3ccc([N+](=O)[O-])cc3)c2)cc1. The summed E-state index contributed by atoms with van der Waals surface area (Å²) in [6.45, 7) is 2.07. The molecule has 0 heterocycles. The van der Waals surface area contributed by atoms with Crippen molar-refractivity contribution in [3.8, 4) is 11.5 Å². The number of non-ortho nitro benzene ring substituents is 1. The van der Waals surface area contributed by atoms with Crippen LogP contribution in [0.1, 0.15) is 21.5 Å². The number of benzene rings is 3. The van der Waals surface area contributed by atoms with E-state index in [2.05, 4.69) is 0 Å². The normalized spacial score (nSPS) is 10.3. The maximum absolute atomic E-state index is 12.1. The first kappa shape index (κ1) is 18.1. The third-order valence-electron chi connectivity index (χ3n) is 3.84. The Morgan fingerprint density at radius 2 is 1.67 bits per heavy atom. The summed E-state index contributed by atoms with van der Waals surface area (Å²) in [4.78, 5) is 22.3. The summed E-state index contributed by atoms with van der Waals surface area (Å²) in [6.07, 6.45) is 0. The number of nitrogens with zero attached hydrogens (tertiary/aromatic N) is 1. The van der Waals surface area contributed by atoms with Crippen molar-refractivity contribution in [2.75, 3.05) is 0 Å². The Morgan fingerprint density at radius 3 is 2.33 bits per heavy atom. The van der Waals surface area contributed by atoms with E-state index in [0.717, 1.165) is 11.1 Å². The van der Waals surface area contributed by atoms with Crippen LogP contribution >= 0.6 is 0 Å². The van der Waals surface area contributed by atoms with Gasteiger partial charge in [0, 0.05) is 12.1 Å². The fourth-order valence-corrected chi connectivity index (χ4v) is 2.39. The molecule has 0 atom stereocenters. The molecule has 27 heavy (non-hydrogen) atoms. The van der Waals surface area contributed by atoms with Gasteiger partial charge in [-0.1, -0.05) is 29.8 Å². The Balaban J connectivity index is 1.62. The second kappa shape index (κ2) is 8.14. The van der Waals surface area contributed by atoms with Gasteiger partial charge in [0.25, 0.3) is 5.69 Å². The van der Waals surface area contributed by atoms with Crippen LogP contribution in [0.2, 0.25) is 0 Å². The number of hydrogen-bond acceptors (Lipinski definition) is 5. The standard InChI is InChI=1S/C21H17NO5/c1-15-5-7-17(8-6-15)21(23)26-14-16-3-2-4-20(13-16)27-19-11-9-18(10-12-19)22(24)25/h2-13H,14H2,1H3. The number of nitro benzene ring substituents is 1. The van der Waals surface area contributed by atoms with Crippen LogP contribution in [0.25, 0.3) is 0 Å². The second-order valence-corrected chi connectivity index (χ2v) is 5.94. The van der Waals surface area contributed by atoms with E-state index in [1.165, 1.54) is 24.3 Å². The minimum Gasteiger partial charge on any atom is -0.457 e. The fourth-order valence-electron chi connectivity index (χ4n) is 2.39. The molecule has 0 bridgehead atoms. The molecule has 3 aromatic carbocycles. The third-order valence-corrected chi connectivity index (χ3v) is 3.84. The van der Waals surface area contributed by atoms with Crippen LogP contribution < -0.4 is 4.74 Å². The Labute approximate surface area is 156 Å². The van der Waals surface area contributed by atoms with Crippen molar-refractivity contribution < 1.29 is 19.2 Å². The van der Waals surface area contributed by atoms with E-state index in [4.69, 9.17) is 9.47 Å². The lowest BCUT2D eigenvalue weighted by Crippen LogP contribution is -2.05. The molecule has 0 spiro atoms. The predicted octanol–water partition coefficient (Wildman–Crippen LogP) is 5.05. The van der Waals surface area contributed by atoms with Gasteiger partial charge in [-0.3, -0.25) is 10.1 Å². The largest absolute Gasteiger partial charge is 0.457 e. The molecule has 0 aliphatic carbocycles. The molecule has 3 aromatic rings. The minimum absolute atomic E-state index is 0.000816. The molecule has 0 aliphatic rings. The number of carbonyl (C=O) groups excluding carboxylic acids is 1. The van der Waals surface area contributed by atoms with Gasteiger partial charge in [0.15, 0.2) is 0 Å². The summed E-state index contributed by atoms with van der Waals surface area (Å²) in [7, 11) is 0. The predicted molar refractivity (Wildman–Crippen MR) is 99.9 cm³/mol.